The van der Waals surface area contributed by atoms with Gasteiger partial charge in [-0.1, -0.05) is 51.9 Å². The molecule has 0 aliphatic carbocycles. The lowest BCUT2D eigenvalue weighted by Gasteiger charge is -2.08. The van der Waals surface area contributed by atoms with Crippen LogP contribution in [0.4, 0.5) is 0 Å². The monoisotopic (exact) mass is 296 g/mol. The summed E-state index contributed by atoms with van der Waals surface area (Å²) in [6.45, 7) is 11.4. The molecule has 4 heteroatoms. The highest BCUT2D eigenvalue weighted by molar-refractivity contribution is 6.35. The Morgan fingerprint density at radius 3 is 2.50 bits per heavy atom. The number of aliphatic hydroxyl groups is 1. The van der Waals surface area contributed by atoms with Crippen LogP contribution in [0.25, 0.3) is 10.9 Å². The number of aliphatic hydroxyl groups excluding tert-OH is 1. The van der Waals surface area contributed by atoms with Crippen molar-refractivity contribution >= 4 is 22.5 Å². The molecule has 0 bridgehead atoms. The maximum absolute atomic E-state index is 9.20. The molecule has 4 N–H and O–H groups in total. The number of nitrogens with one attached hydrogen (secondary N) is 1. The van der Waals surface area contributed by atoms with Crippen LogP contribution in [0.1, 0.15) is 33.3 Å². The molecule has 0 aliphatic rings. The molecule has 1 atom stereocenters. The van der Waals surface area contributed by atoms with Crippen LogP contribution in [0.15, 0.2) is 36.7 Å². The number of hydrogen-bond donors (Lipinski definition) is 3. The van der Waals surface area contributed by atoms with Gasteiger partial charge in [-0.15, -0.1) is 0 Å². The van der Waals surface area contributed by atoms with Gasteiger partial charge in [0.25, 0.3) is 0 Å². The zero-order valence-corrected chi connectivity index (χ0v) is 13.5. The van der Waals surface area contributed by atoms with Crippen LogP contribution in [0.5, 0.6) is 0 Å². The van der Waals surface area contributed by atoms with Crippen LogP contribution in [-0.4, -0.2) is 16.1 Å². The van der Waals surface area contributed by atoms with Gasteiger partial charge in [0.15, 0.2) is 0 Å². The minimum absolute atomic E-state index is 0.0126. The van der Waals surface area contributed by atoms with Crippen LogP contribution in [0, 0.1) is 0 Å². The number of nitrogens with two attached hydrogens (primary N) is 1. The quantitative estimate of drug-likeness (QED) is 0.711. The summed E-state index contributed by atoms with van der Waals surface area (Å²) in [5.41, 5.74) is 7.70. The highest BCUT2D eigenvalue weighted by Crippen LogP contribution is 2.27. The van der Waals surface area contributed by atoms with E-state index in [2.05, 4.69) is 11.6 Å². The number of halogens is 1. The molecule has 0 saturated heterocycles. The lowest BCUT2D eigenvalue weighted by atomic mass is 10.0. The van der Waals surface area contributed by atoms with E-state index >= 15 is 0 Å². The maximum Gasteiger partial charge on any atom is 0.102 e. The largest absolute Gasteiger partial charge is 0.511 e. The zero-order valence-electron chi connectivity index (χ0n) is 12.7. The molecule has 112 valence electrons. The van der Waals surface area contributed by atoms with Gasteiger partial charge in [0, 0.05) is 17.1 Å². The molecule has 1 aromatic heterocycles. The SMILES string of the molecule is C=C(O)C(N)Cc1c[nH]c2cccc(Cl)c12.CC.CC. The Morgan fingerprint density at radius 2 is 1.95 bits per heavy atom. The van der Waals surface area contributed by atoms with Crippen LogP contribution in [0.2, 0.25) is 5.02 Å². The van der Waals surface area contributed by atoms with Crippen molar-refractivity contribution in [1.29, 1.82) is 0 Å². The molecule has 1 aromatic carbocycles. The van der Waals surface area contributed by atoms with Gasteiger partial charge >= 0.3 is 0 Å². The first-order valence-electron chi connectivity index (χ1n) is 6.97. The molecule has 2 rings (SSSR count). The highest BCUT2D eigenvalue weighted by atomic mass is 35.5. The van der Waals surface area contributed by atoms with E-state index in [0.29, 0.717) is 11.4 Å². The molecule has 0 aliphatic heterocycles. The van der Waals surface area contributed by atoms with Crippen LogP contribution in [-0.2, 0) is 6.42 Å². The van der Waals surface area contributed by atoms with E-state index < -0.39 is 6.04 Å². The van der Waals surface area contributed by atoms with Crippen molar-refractivity contribution in [3.05, 3.63) is 47.3 Å². The van der Waals surface area contributed by atoms with E-state index in [1.807, 2.05) is 52.1 Å². The molecule has 0 spiro atoms. The molecule has 3 nitrogen and oxygen atoms in total. The second-order valence-electron chi connectivity index (χ2n) is 3.78. The molecule has 0 saturated carbocycles. The van der Waals surface area contributed by atoms with Crippen molar-refractivity contribution in [2.45, 2.75) is 40.2 Å². The molecule has 20 heavy (non-hydrogen) atoms. The number of fused-ring (bicyclic) bond motifs is 1. The van der Waals surface area contributed by atoms with Crippen molar-refractivity contribution < 1.29 is 5.11 Å². The zero-order chi connectivity index (χ0) is 15.7. The lowest BCUT2D eigenvalue weighted by Crippen LogP contribution is -2.24. The third kappa shape index (κ3) is 4.58. The van der Waals surface area contributed by atoms with Gasteiger partial charge in [0.1, 0.15) is 5.76 Å². The fourth-order valence-corrected chi connectivity index (χ4v) is 2.02. The highest BCUT2D eigenvalue weighted by Gasteiger charge is 2.12. The standard InChI is InChI=1S/C12H13ClN2O.2C2H6/c1-7(16)10(14)5-8-6-15-11-4-2-3-9(13)12(8)11;2*1-2/h2-4,6,10,15-16H,1,5,14H2;2*1-2H3. The summed E-state index contributed by atoms with van der Waals surface area (Å²) in [5, 5.41) is 10.8. The second kappa shape index (κ2) is 9.45. The average Bonchev–Trinajstić information content (AvgIpc) is 2.88. The first-order chi connectivity index (χ1) is 9.59. The van der Waals surface area contributed by atoms with Crippen LogP contribution in [0.3, 0.4) is 0 Å². The normalized spacial score (nSPS) is 10.9. The van der Waals surface area contributed by atoms with Crippen molar-refractivity contribution in [3.8, 4) is 0 Å². The average molecular weight is 297 g/mol. The van der Waals surface area contributed by atoms with Gasteiger partial charge < -0.3 is 15.8 Å². The Balaban J connectivity index is 0.000000829. The molecular formula is C16H25ClN2O. The van der Waals surface area contributed by atoms with E-state index in [1.165, 1.54) is 0 Å². The molecular weight excluding hydrogens is 272 g/mol. The third-order valence-electron chi connectivity index (χ3n) is 2.60. The summed E-state index contributed by atoms with van der Waals surface area (Å²) >= 11 is 6.12. The Labute approximate surface area is 126 Å². The molecule has 0 amide bonds. The van der Waals surface area contributed by atoms with Gasteiger partial charge in [0.05, 0.1) is 11.1 Å². The summed E-state index contributed by atoms with van der Waals surface area (Å²) in [7, 11) is 0. The van der Waals surface area contributed by atoms with Gasteiger partial charge in [-0.3, -0.25) is 0 Å². The van der Waals surface area contributed by atoms with Gasteiger partial charge in [-0.25, -0.2) is 0 Å². The Morgan fingerprint density at radius 1 is 1.35 bits per heavy atom. The van der Waals surface area contributed by atoms with Crippen LogP contribution >= 0.6 is 11.6 Å². The summed E-state index contributed by atoms with van der Waals surface area (Å²) in [4.78, 5) is 3.12. The Hall–Kier alpha value is -1.45. The summed E-state index contributed by atoms with van der Waals surface area (Å²) in [6.07, 6.45) is 2.37. The van der Waals surface area contributed by atoms with Crippen molar-refractivity contribution in [2.75, 3.05) is 0 Å². The molecule has 1 heterocycles. The fraction of sp³-hybridized carbons (Fsp3) is 0.375. The lowest BCUT2D eigenvalue weighted by molar-refractivity contribution is 0.369. The summed E-state index contributed by atoms with van der Waals surface area (Å²) in [6, 6.07) is 5.20. The number of benzene rings is 1. The number of H-pyrrole nitrogens is 1. The first kappa shape index (κ1) is 18.6. The first-order valence-corrected chi connectivity index (χ1v) is 7.35. The third-order valence-corrected chi connectivity index (χ3v) is 2.92. The fourth-order valence-electron chi connectivity index (χ4n) is 1.72. The number of aromatic nitrogens is 1. The molecule has 0 fully saturated rings. The summed E-state index contributed by atoms with van der Waals surface area (Å²) in [5.74, 6) is -0.0126. The van der Waals surface area contributed by atoms with Crippen molar-refractivity contribution in [3.63, 3.8) is 0 Å². The van der Waals surface area contributed by atoms with E-state index in [-0.39, 0.29) is 5.76 Å². The molecule has 2 aromatic rings. The minimum atomic E-state index is -0.463. The molecule has 0 radical (unpaired) electrons. The van der Waals surface area contributed by atoms with E-state index in [1.54, 1.807) is 0 Å². The predicted octanol–water partition coefficient (Wildman–Crippen LogP) is 4.82. The number of hydrogen-bond acceptors (Lipinski definition) is 2. The van der Waals surface area contributed by atoms with E-state index in [4.69, 9.17) is 17.3 Å². The van der Waals surface area contributed by atoms with Crippen molar-refractivity contribution in [1.82, 2.24) is 4.98 Å². The Kier molecular flexibility index (Phi) is 8.77. The van der Waals surface area contributed by atoms with Gasteiger partial charge in [-0.05, 0) is 24.1 Å². The van der Waals surface area contributed by atoms with Gasteiger partial charge in [0.2, 0.25) is 0 Å². The number of aromatic amines is 1. The van der Waals surface area contributed by atoms with Gasteiger partial charge in [-0.2, -0.15) is 0 Å². The van der Waals surface area contributed by atoms with E-state index in [0.717, 1.165) is 16.5 Å². The summed E-state index contributed by atoms with van der Waals surface area (Å²) < 4.78 is 0. The van der Waals surface area contributed by atoms with Crippen molar-refractivity contribution in [2.24, 2.45) is 5.73 Å². The smallest absolute Gasteiger partial charge is 0.102 e. The maximum atomic E-state index is 9.20. The predicted molar refractivity (Wildman–Crippen MR) is 89.5 cm³/mol. The topological polar surface area (TPSA) is 62.0 Å². The molecule has 1 unspecified atom stereocenters. The van der Waals surface area contributed by atoms with Crippen LogP contribution < -0.4 is 5.73 Å². The van der Waals surface area contributed by atoms with E-state index in [9.17, 15) is 5.11 Å². The Bertz CT molecular complexity index is 534. The number of rotatable bonds is 3. The second-order valence-corrected chi connectivity index (χ2v) is 4.19. The minimum Gasteiger partial charge on any atom is -0.511 e.